The van der Waals surface area contributed by atoms with Crippen molar-refractivity contribution < 1.29 is 4.79 Å². The van der Waals surface area contributed by atoms with Crippen LogP contribution in [0.5, 0.6) is 0 Å². The number of rotatable bonds is 3. The van der Waals surface area contributed by atoms with Crippen molar-refractivity contribution in [2.24, 2.45) is 0 Å². The lowest BCUT2D eigenvalue weighted by Crippen LogP contribution is -2.48. The molecule has 0 spiro atoms. The van der Waals surface area contributed by atoms with Gasteiger partial charge in [0.15, 0.2) is 0 Å². The van der Waals surface area contributed by atoms with E-state index in [4.69, 9.17) is 4.98 Å². The number of aryl methyl sites for hydroxylation is 1. The zero-order valence-corrected chi connectivity index (χ0v) is 19.6. The van der Waals surface area contributed by atoms with Gasteiger partial charge in [-0.15, -0.1) is 0 Å². The normalized spacial score (nSPS) is 24.1. The van der Waals surface area contributed by atoms with Gasteiger partial charge in [0.1, 0.15) is 5.82 Å². The number of amides is 1. The Labute approximate surface area is 191 Å². The maximum absolute atomic E-state index is 13.8. The van der Waals surface area contributed by atoms with Gasteiger partial charge in [0, 0.05) is 55.6 Å². The minimum absolute atomic E-state index is 0.0473. The highest BCUT2D eigenvalue weighted by Gasteiger charge is 2.37. The maximum atomic E-state index is 13.8. The molecule has 0 unspecified atom stereocenters. The minimum atomic E-state index is 0.0473. The van der Waals surface area contributed by atoms with E-state index in [2.05, 4.69) is 53.3 Å². The van der Waals surface area contributed by atoms with E-state index in [0.29, 0.717) is 36.2 Å². The highest BCUT2D eigenvalue weighted by Crippen LogP contribution is 2.38. The van der Waals surface area contributed by atoms with E-state index in [9.17, 15) is 4.79 Å². The summed E-state index contributed by atoms with van der Waals surface area (Å²) in [5.41, 5.74) is 3.75. The number of carbonyl (C=O) groups excluding carboxylic acids is 1. The van der Waals surface area contributed by atoms with E-state index in [1.165, 1.54) is 12.0 Å². The monoisotopic (exact) mass is 433 g/mol. The van der Waals surface area contributed by atoms with Crippen LogP contribution in [0.15, 0.2) is 30.5 Å². The Bertz CT molecular complexity index is 986. The van der Waals surface area contributed by atoms with E-state index in [1.54, 1.807) is 6.20 Å². The van der Waals surface area contributed by atoms with Crippen LogP contribution in [0.2, 0.25) is 0 Å². The molecule has 3 aliphatic rings. The molecule has 170 valence electrons. The van der Waals surface area contributed by atoms with Crippen molar-refractivity contribution in [3.05, 3.63) is 53.1 Å². The number of nitrogens with one attached hydrogen (secondary N) is 1. The number of hydrogen-bond acceptors (Lipinski definition) is 5. The van der Waals surface area contributed by atoms with E-state index in [-0.39, 0.29) is 5.91 Å². The largest absolute Gasteiger partial charge is 0.385 e. The molecule has 1 N–H and O–H groups in total. The molecule has 1 aliphatic carbocycles. The van der Waals surface area contributed by atoms with Gasteiger partial charge in [-0.25, -0.2) is 9.97 Å². The summed E-state index contributed by atoms with van der Waals surface area (Å²) in [4.78, 5) is 27.8. The molecule has 1 aromatic carbocycles. The Kier molecular flexibility index (Phi) is 5.89. The molecule has 2 aliphatic heterocycles. The van der Waals surface area contributed by atoms with Crippen molar-refractivity contribution in [3.8, 4) is 0 Å². The summed E-state index contributed by atoms with van der Waals surface area (Å²) in [5, 5.41) is 3.65. The number of anilines is 1. The molecular formula is C26H35N5O. The highest BCUT2D eigenvalue weighted by atomic mass is 16.2. The van der Waals surface area contributed by atoms with Crippen LogP contribution in [0.25, 0.3) is 0 Å². The molecule has 3 heterocycles. The lowest BCUT2D eigenvalue weighted by Gasteiger charge is -2.36. The van der Waals surface area contributed by atoms with E-state index >= 15 is 0 Å². The van der Waals surface area contributed by atoms with Crippen molar-refractivity contribution in [3.63, 3.8) is 0 Å². The SMILES string of the molecule is Cc1nc(C2CC2)ncc1C(=O)N1Cc2ccccc2NCC[C@H]2CC[C@@H](C1)N2C(C)C. The third kappa shape index (κ3) is 4.25. The van der Waals surface area contributed by atoms with Crippen LogP contribution < -0.4 is 5.32 Å². The lowest BCUT2D eigenvalue weighted by molar-refractivity contribution is 0.0632. The second-order valence-corrected chi connectivity index (χ2v) is 9.99. The third-order valence-corrected chi connectivity index (χ3v) is 7.33. The van der Waals surface area contributed by atoms with Crippen molar-refractivity contribution in [1.29, 1.82) is 0 Å². The molecule has 2 atom stereocenters. The highest BCUT2D eigenvalue weighted by molar-refractivity contribution is 5.95. The second-order valence-electron chi connectivity index (χ2n) is 9.99. The molecule has 32 heavy (non-hydrogen) atoms. The van der Waals surface area contributed by atoms with Crippen LogP contribution in [0.1, 0.15) is 79.3 Å². The number of nitrogens with zero attached hydrogens (tertiary/aromatic N) is 4. The predicted molar refractivity (Wildman–Crippen MR) is 127 cm³/mol. The zero-order chi connectivity index (χ0) is 22.2. The summed E-state index contributed by atoms with van der Waals surface area (Å²) >= 11 is 0. The van der Waals surface area contributed by atoms with Gasteiger partial charge in [0.2, 0.25) is 0 Å². The van der Waals surface area contributed by atoms with Crippen molar-refractivity contribution in [1.82, 2.24) is 19.8 Å². The van der Waals surface area contributed by atoms with Gasteiger partial charge in [-0.3, -0.25) is 9.69 Å². The van der Waals surface area contributed by atoms with Crippen LogP contribution >= 0.6 is 0 Å². The maximum Gasteiger partial charge on any atom is 0.257 e. The van der Waals surface area contributed by atoms with Gasteiger partial charge < -0.3 is 10.2 Å². The molecule has 1 saturated heterocycles. The van der Waals surface area contributed by atoms with Crippen LogP contribution in [0.4, 0.5) is 5.69 Å². The second kappa shape index (κ2) is 8.81. The van der Waals surface area contributed by atoms with Gasteiger partial charge in [-0.05, 0) is 64.5 Å². The third-order valence-electron chi connectivity index (χ3n) is 7.33. The molecule has 5 rings (SSSR count). The van der Waals surface area contributed by atoms with Crippen molar-refractivity contribution in [2.75, 3.05) is 18.4 Å². The van der Waals surface area contributed by atoms with E-state index < -0.39 is 0 Å². The Morgan fingerprint density at radius 3 is 2.62 bits per heavy atom. The first-order valence-electron chi connectivity index (χ1n) is 12.2. The molecular weight excluding hydrogens is 398 g/mol. The zero-order valence-electron chi connectivity index (χ0n) is 19.6. The van der Waals surface area contributed by atoms with Crippen LogP contribution in [-0.2, 0) is 6.54 Å². The summed E-state index contributed by atoms with van der Waals surface area (Å²) in [6.45, 7) is 8.82. The number of benzene rings is 1. The molecule has 1 aromatic heterocycles. The topological polar surface area (TPSA) is 61.4 Å². The Hall–Kier alpha value is -2.47. The summed E-state index contributed by atoms with van der Waals surface area (Å²) in [5.74, 6) is 1.44. The Morgan fingerprint density at radius 2 is 1.88 bits per heavy atom. The Balaban J connectivity index is 1.48. The fourth-order valence-electron chi connectivity index (χ4n) is 5.59. The predicted octanol–water partition coefficient (Wildman–Crippen LogP) is 4.36. The smallest absolute Gasteiger partial charge is 0.257 e. The lowest BCUT2D eigenvalue weighted by atomic mass is 10.1. The molecule has 6 nitrogen and oxygen atoms in total. The molecule has 0 radical (unpaired) electrons. The van der Waals surface area contributed by atoms with Crippen LogP contribution in [0, 0.1) is 6.92 Å². The molecule has 2 fully saturated rings. The first-order chi connectivity index (χ1) is 15.5. The average Bonchev–Trinajstić information content (AvgIpc) is 3.54. The van der Waals surface area contributed by atoms with E-state index in [0.717, 1.165) is 56.0 Å². The van der Waals surface area contributed by atoms with Gasteiger partial charge >= 0.3 is 0 Å². The Morgan fingerprint density at radius 1 is 1.09 bits per heavy atom. The molecule has 6 heteroatoms. The van der Waals surface area contributed by atoms with Crippen molar-refractivity contribution in [2.45, 2.75) is 83.5 Å². The fourth-order valence-corrected chi connectivity index (χ4v) is 5.59. The molecule has 2 bridgehead atoms. The van der Waals surface area contributed by atoms with Gasteiger partial charge in [-0.1, -0.05) is 18.2 Å². The van der Waals surface area contributed by atoms with Crippen LogP contribution in [-0.4, -0.2) is 56.9 Å². The number of fused-ring (bicyclic) bond motifs is 3. The van der Waals surface area contributed by atoms with Gasteiger partial charge in [0.05, 0.1) is 11.3 Å². The summed E-state index contributed by atoms with van der Waals surface area (Å²) in [6, 6.07) is 9.83. The standard InChI is InChI=1S/C26H35N5O/c1-17(2)31-21-10-11-22(31)16-30(15-20-6-4-5-7-24(20)27-13-12-21)26(32)23-14-28-25(19-8-9-19)29-18(23)3/h4-7,14,17,19,21-22,27H,8-13,15-16H2,1-3H3/t21-,22+/m1/s1. The van der Waals surface area contributed by atoms with Gasteiger partial charge in [-0.2, -0.15) is 0 Å². The van der Waals surface area contributed by atoms with E-state index in [1.807, 2.05) is 11.8 Å². The first kappa shape index (κ1) is 21.4. The number of para-hydroxylation sites is 1. The van der Waals surface area contributed by atoms with Crippen molar-refractivity contribution >= 4 is 11.6 Å². The molecule has 2 aromatic rings. The molecule has 1 saturated carbocycles. The van der Waals surface area contributed by atoms with Gasteiger partial charge in [0.25, 0.3) is 5.91 Å². The number of hydrogen-bond donors (Lipinski definition) is 1. The minimum Gasteiger partial charge on any atom is -0.385 e. The number of aromatic nitrogens is 2. The average molecular weight is 434 g/mol. The number of carbonyl (C=O) groups is 1. The summed E-state index contributed by atoms with van der Waals surface area (Å²) in [6.07, 6.45) is 7.57. The summed E-state index contributed by atoms with van der Waals surface area (Å²) in [7, 11) is 0. The quantitative estimate of drug-likeness (QED) is 0.779. The molecule has 1 amide bonds. The fraction of sp³-hybridized carbons (Fsp3) is 0.577. The summed E-state index contributed by atoms with van der Waals surface area (Å²) < 4.78 is 0. The first-order valence-corrected chi connectivity index (χ1v) is 12.2. The van der Waals surface area contributed by atoms with Crippen LogP contribution in [0.3, 0.4) is 0 Å².